The van der Waals surface area contributed by atoms with Crippen LogP contribution in [-0.2, 0) is 10.9 Å². The molecule has 1 aromatic rings. The minimum absolute atomic E-state index is 0.226. The predicted octanol–water partition coefficient (Wildman–Crippen LogP) is 3.20. The van der Waals surface area contributed by atoms with Gasteiger partial charge in [-0.2, -0.15) is 13.2 Å². The number of alkyl halides is 3. The second-order valence-corrected chi connectivity index (χ2v) is 4.39. The van der Waals surface area contributed by atoms with Crippen LogP contribution < -0.4 is 0 Å². The van der Waals surface area contributed by atoms with Crippen LogP contribution in [0, 0.1) is 0 Å². The lowest BCUT2D eigenvalue weighted by atomic mass is 10.2. The highest BCUT2D eigenvalue weighted by Gasteiger charge is 2.30. The molecule has 1 aliphatic heterocycles. The Bertz CT molecular complexity index is 347. The molecule has 1 aromatic carbocycles. The molecule has 1 atom stereocenters. The summed E-state index contributed by atoms with van der Waals surface area (Å²) in [6, 6.07) is 5.37. The Morgan fingerprint density at radius 2 is 2.13 bits per heavy atom. The van der Waals surface area contributed by atoms with Crippen molar-refractivity contribution in [1.29, 1.82) is 0 Å². The summed E-state index contributed by atoms with van der Waals surface area (Å²) in [5, 5.41) is 0. The van der Waals surface area contributed by atoms with Gasteiger partial charge in [0.2, 0.25) is 0 Å². The molecule has 0 saturated carbocycles. The Morgan fingerprint density at radius 1 is 1.40 bits per heavy atom. The minimum atomic E-state index is -4.26. The number of ether oxygens (including phenoxy) is 1. The van der Waals surface area contributed by atoms with Gasteiger partial charge >= 0.3 is 6.18 Å². The van der Waals surface area contributed by atoms with E-state index in [4.69, 9.17) is 4.74 Å². The Labute approximate surface area is 89.6 Å². The maximum Gasteiger partial charge on any atom is 0.416 e. The molecule has 0 radical (unpaired) electrons. The van der Waals surface area contributed by atoms with E-state index >= 15 is 0 Å². The maximum absolute atomic E-state index is 12.3. The zero-order valence-corrected chi connectivity index (χ0v) is 8.57. The van der Waals surface area contributed by atoms with Gasteiger partial charge in [0, 0.05) is 10.6 Å². The van der Waals surface area contributed by atoms with Crippen LogP contribution >= 0.6 is 11.8 Å². The van der Waals surface area contributed by atoms with Crippen LogP contribution in [0.2, 0.25) is 0 Å². The van der Waals surface area contributed by atoms with Gasteiger partial charge in [0.05, 0.1) is 18.3 Å². The lowest BCUT2D eigenvalue weighted by Crippen LogP contribution is -2.04. The normalized spacial score (nSPS) is 20.3. The Balaban J connectivity index is 2.04. The van der Waals surface area contributed by atoms with Crippen LogP contribution in [0.15, 0.2) is 29.2 Å². The fourth-order valence-corrected chi connectivity index (χ4v) is 2.07. The minimum Gasteiger partial charge on any atom is -0.372 e. The average Bonchev–Trinajstić information content (AvgIpc) is 2.97. The van der Waals surface area contributed by atoms with Crippen molar-refractivity contribution in [3.05, 3.63) is 29.8 Å². The molecule has 5 heteroatoms. The van der Waals surface area contributed by atoms with Crippen molar-refractivity contribution in [3.8, 4) is 0 Å². The van der Waals surface area contributed by atoms with Gasteiger partial charge in [-0.1, -0.05) is 6.07 Å². The van der Waals surface area contributed by atoms with E-state index < -0.39 is 11.7 Å². The molecule has 15 heavy (non-hydrogen) atoms. The fraction of sp³-hybridized carbons (Fsp3) is 0.400. The molecule has 82 valence electrons. The van der Waals surface area contributed by atoms with Gasteiger partial charge < -0.3 is 4.74 Å². The zero-order valence-electron chi connectivity index (χ0n) is 7.75. The van der Waals surface area contributed by atoms with Crippen molar-refractivity contribution < 1.29 is 17.9 Å². The topological polar surface area (TPSA) is 12.5 Å². The second kappa shape index (κ2) is 4.06. The summed E-state index contributed by atoms with van der Waals surface area (Å²) in [5.74, 6) is 0.724. The molecule has 1 unspecified atom stereocenters. The van der Waals surface area contributed by atoms with Gasteiger partial charge in [0.15, 0.2) is 0 Å². The first-order valence-corrected chi connectivity index (χ1v) is 5.46. The molecule has 0 aromatic heterocycles. The predicted molar refractivity (Wildman–Crippen MR) is 51.9 cm³/mol. The van der Waals surface area contributed by atoms with Crippen LogP contribution in [0.25, 0.3) is 0 Å². The maximum atomic E-state index is 12.3. The van der Waals surface area contributed by atoms with E-state index in [1.54, 1.807) is 6.07 Å². The number of epoxide rings is 1. The van der Waals surface area contributed by atoms with E-state index in [0.29, 0.717) is 4.90 Å². The van der Waals surface area contributed by atoms with Gasteiger partial charge in [0.1, 0.15) is 0 Å². The van der Waals surface area contributed by atoms with Crippen LogP contribution in [0.5, 0.6) is 0 Å². The summed E-state index contributed by atoms with van der Waals surface area (Å²) in [7, 11) is 0. The van der Waals surface area contributed by atoms with E-state index in [-0.39, 0.29) is 6.10 Å². The molecule has 1 aliphatic rings. The van der Waals surface area contributed by atoms with Crippen LogP contribution in [-0.4, -0.2) is 18.5 Å². The fourth-order valence-electron chi connectivity index (χ4n) is 1.12. The third-order valence-electron chi connectivity index (χ3n) is 2.00. The molecule has 0 spiro atoms. The number of benzene rings is 1. The highest BCUT2D eigenvalue weighted by Crippen LogP contribution is 2.32. The molecule has 0 bridgehead atoms. The molecule has 2 rings (SSSR count). The number of rotatable bonds is 3. The Morgan fingerprint density at radius 3 is 2.73 bits per heavy atom. The van der Waals surface area contributed by atoms with E-state index in [2.05, 4.69) is 0 Å². The van der Waals surface area contributed by atoms with Gasteiger partial charge in [-0.15, -0.1) is 11.8 Å². The quantitative estimate of drug-likeness (QED) is 0.588. The zero-order chi connectivity index (χ0) is 10.9. The molecule has 1 heterocycles. The van der Waals surface area contributed by atoms with Gasteiger partial charge in [-0.3, -0.25) is 0 Å². The summed E-state index contributed by atoms with van der Waals surface area (Å²) in [4.78, 5) is 0.639. The highest BCUT2D eigenvalue weighted by molar-refractivity contribution is 7.99. The highest BCUT2D eigenvalue weighted by atomic mass is 32.2. The lowest BCUT2D eigenvalue weighted by molar-refractivity contribution is -0.137. The summed E-state index contributed by atoms with van der Waals surface area (Å²) in [6.45, 7) is 0.728. The van der Waals surface area contributed by atoms with Crippen molar-refractivity contribution >= 4 is 11.8 Å². The summed E-state index contributed by atoms with van der Waals surface area (Å²) in [6.07, 6.45) is -4.03. The number of thioether (sulfide) groups is 1. The summed E-state index contributed by atoms with van der Waals surface area (Å²) in [5.41, 5.74) is -0.593. The van der Waals surface area contributed by atoms with E-state index in [1.807, 2.05) is 0 Å². The number of hydrogen-bond donors (Lipinski definition) is 0. The largest absolute Gasteiger partial charge is 0.416 e. The van der Waals surface area contributed by atoms with Crippen molar-refractivity contribution in [2.45, 2.75) is 17.2 Å². The van der Waals surface area contributed by atoms with E-state index in [1.165, 1.54) is 23.9 Å². The Kier molecular flexibility index (Phi) is 2.93. The van der Waals surface area contributed by atoms with Crippen molar-refractivity contribution in [2.75, 3.05) is 12.4 Å². The standard InChI is InChI=1S/C10H9F3OS/c11-10(12,13)7-2-1-3-9(4-7)15-6-8-5-14-8/h1-4,8H,5-6H2. The molecule has 1 saturated heterocycles. The van der Waals surface area contributed by atoms with Crippen LogP contribution in [0.3, 0.4) is 0 Å². The molecule has 0 amide bonds. The van der Waals surface area contributed by atoms with Crippen molar-refractivity contribution in [3.63, 3.8) is 0 Å². The van der Waals surface area contributed by atoms with Crippen molar-refractivity contribution in [2.24, 2.45) is 0 Å². The molecule has 1 fully saturated rings. The number of hydrogen-bond acceptors (Lipinski definition) is 2. The van der Waals surface area contributed by atoms with Crippen LogP contribution in [0.4, 0.5) is 13.2 Å². The summed E-state index contributed by atoms with van der Waals surface area (Å²) < 4.78 is 42.0. The molecule has 0 N–H and O–H groups in total. The van der Waals surface area contributed by atoms with Crippen molar-refractivity contribution in [1.82, 2.24) is 0 Å². The summed E-state index contributed by atoms with van der Waals surface area (Å²) >= 11 is 1.40. The smallest absolute Gasteiger partial charge is 0.372 e. The second-order valence-electron chi connectivity index (χ2n) is 3.29. The first-order valence-electron chi connectivity index (χ1n) is 4.47. The molecule has 0 aliphatic carbocycles. The Hall–Kier alpha value is -0.680. The first kappa shape index (κ1) is 10.8. The SMILES string of the molecule is FC(F)(F)c1cccc(SCC2CO2)c1. The average molecular weight is 234 g/mol. The molecular formula is C10H9F3OS. The third-order valence-corrected chi connectivity index (χ3v) is 3.13. The molecule has 1 nitrogen and oxygen atoms in total. The van der Waals surface area contributed by atoms with E-state index in [9.17, 15) is 13.2 Å². The molecular weight excluding hydrogens is 225 g/mol. The van der Waals surface area contributed by atoms with Gasteiger partial charge in [-0.25, -0.2) is 0 Å². The first-order chi connectivity index (χ1) is 7.05. The van der Waals surface area contributed by atoms with Gasteiger partial charge in [-0.05, 0) is 18.2 Å². The van der Waals surface area contributed by atoms with Crippen LogP contribution in [0.1, 0.15) is 5.56 Å². The van der Waals surface area contributed by atoms with Gasteiger partial charge in [0.25, 0.3) is 0 Å². The van der Waals surface area contributed by atoms with E-state index in [0.717, 1.165) is 18.4 Å². The number of halogens is 3. The monoisotopic (exact) mass is 234 g/mol. The third kappa shape index (κ3) is 3.14. The lowest BCUT2D eigenvalue weighted by Gasteiger charge is -2.07.